The zero-order valence-electron chi connectivity index (χ0n) is 17.3. The number of aromatic nitrogens is 3. The normalized spacial score (nSPS) is 20.9. The maximum absolute atomic E-state index is 12.8. The van der Waals surface area contributed by atoms with Crippen LogP contribution in [0.25, 0.3) is 0 Å². The predicted octanol–water partition coefficient (Wildman–Crippen LogP) is -1.04. The zero-order valence-corrected chi connectivity index (χ0v) is 18.1. The highest BCUT2D eigenvalue weighted by Crippen LogP contribution is 2.18. The molecule has 2 saturated heterocycles. The monoisotopic (exact) mass is 429 g/mol. The second-order valence-electron chi connectivity index (χ2n) is 7.74. The van der Waals surface area contributed by atoms with Gasteiger partial charge >= 0.3 is 0 Å². The second kappa shape index (κ2) is 9.04. The molecule has 2 aliphatic rings. The van der Waals surface area contributed by atoms with Crippen molar-refractivity contribution in [3.8, 4) is 0 Å². The molecule has 12 heteroatoms. The van der Waals surface area contributed by atoms with E-state index in [1.165, 1.54) is 8.61 Å². The number of ether oxygens (including phenoxy) is 1. The Labute approximate surface area is 172 Å². The van der Waals surface area contributed by atoms with Crippen molar-refractivity contribution in [2.75, 3.05) is 52.5 Å². The molecule has 29 heavy (non-hydrogen) atoms. The largest absolute Gasteiger partial charge is 0.379 e. The maximum Gasteiger partial charge on any atom is 0.282 e. The Balaban J connectivity index is 1.60. The molecule has 2 N–H and O–H groups in total. The quantitative estimate of drug-likeness (QED) is 0.612. The molecule has 1 aromatic heterocycles. The molecule has 2 aliphatic heterocycles. The number of morpholine rings is 1. The van der Waals surface area contributed by atoms with E-state index in [0.29, 0.717) is 51.0 Å². The van der Waals surface area contributed by atoms with Crippen molar-refractivity contribution in [2.45, 2.75) is 33.4 Å². The molecule has 1 atom stereocenters. The molecule has 3 rings (SSSR count). The van der Waals surface area contributed by atoms with Gasteiger partial charge in [-0.15, -0.1) is 0 Å². The first-order valence-corrected chi connectivity index (χ1v) is 11.4. The van der Waals surface area contributed by atoms with Gasteiger partial charge in [-0.05, 0) is 12.8 Å². The first-order valence-electron chi connectivity index (χ1n) is 9.98. The van der Waals surface area contributed by atoms with Crippen LogP contribution in [-0.2, 0) is 26.3 Å². The number of carbonyl (C=O) groups is 1. The van der Waals surface area contributed by atoms with Crippen LogP contribution in [0.4, 0.5) is 0 Å². The minimum Gasteiger partial charge on any atom is -0.379 e. The number of hydrogen-bond donors (Lipinski definition) is 1. The average Bonchev–Trinajstić information content (AvgIpc) is 3.07. The van der Waals surface area contributed by atoms with E-state index in [0.717, 1.165) is 0 Å². The van der Waals surface area contributed by atoms with Crippen molar-refractivity contribution >= 4 is 16.1 Å². The minimum absolute atomic E-state index is 0.0484. The molecule has 0 radical (unpaired) electrons. The molecule has 1 amide bonds. The van der Waals surface area contributed by atoms with Gasteiger partial charge in [-0.1, -0.05) is 13.8 Å². The molecule has 3 heterocycles. The van der Waals surface area contributed by atoms with Gasteiger partial charge in [0.2, 0.25) is 5.91 Å². The molecule has 0 unspecified atom stereocenters. The summed E-state index contributed by atoms with van der Waals surface area (Å²) in [4.78, 5) is 18.8. The summed E-state index contributed by atoms with van der Waals surface area (Å²) in [5.74, 6) is 1.22. The molecule has 1 aromatic rings. The van der Waals surface area contributed by atoms with Gasteiger partial charge in [-0.25, -0.2) is 9.67 Å². The summed E-state index contributed by atoms with van der Waals surface area (Å²) in [5, 5.41) is 4.32. The van der Waals surface area contributed by atoms with Gasteiger partial charge in [-0.2, -0.15) is 22.1 Å². The number of nitrogens with two attached hydrogens (primary N) is 1. The molecule has 0 aliphatic carbocycles. The van der Waals surface area contributed by atoms with Crippen molar-refractivity contribution in [1.29, 1.82) is 0 Å². The van der Waals surface area contributed by atoms with Crippen LogP contribution in [0.5, 0.6) is 0 Å². The van der Waals surface area contributed by atoms with Crippen LogP contribution >= 0.6 is 0 Å². The van der Waals surface area contributed by atoms with E-state index < -0.39 is 10.2 Å². The lowest BCUT2D eigenvalue weighted by Crippen LogP contribution is -2.56. The van der Waals surface area contributed by atoms with E-state index >= 15 is 0 Å². The number of rotatable bonds is 6. The maximum atomic E-state index is 12.8. The molecule has 0 bridgehead atoms. The third-order valence-corrected chi connectivity index (χ3v) is 7.36. The molecular formula is C17H31N7O4S. The fraction of sp³-hybridized carbons (Fsp3) is 0.824. The lowest BCUT2D eigenvalue weighted by atomic mass is 10.1. The van der Waals surface area contributed by atoms with Gasteiger partial charge in [0.1, 0.15) is 18.2 Å². The van der Waals surface area contributed by atoms with Gasteiger partial charge in [0.25, 0.3) is 10.2 Å². The minimum atomic E-state index is -3.51. The SMILES string of the molecule is Cc1nc([C@@H](N)C(C)C)n(CC(=O)N2CCN(S(=O)(=O)N3CCOCC3)CC2)n1. The van der Waals surface area contributed by atoms with Gasteiger partial charge < -0.3 is 15.4 Å². The van der Waals surface area contributed by atoms with Crippen molar-refractivity contribution < 1.29 is 17.9 Å². The highest BCUT2D eigenvalue weighted by atomic mass is 32.2. The lowest BCUT2D eigenvalue weighted by molar-refractivity contribution is -0.133. The van der Waals surface area contributed by atoms with Crippen LogP contribution < -0.4 is 5.73 Å². The summed E-state index contributed by atoms with van der Waals surface area (Å²) >= 11 is 0. The fourth-order valence-electron chi connectivity index (χ4n) is 3.47. The number of aryl methyl sites for hydroxylation is 1. The van der Waals surface area contributed by atoms with Crippen LogP contribution in [-0.4, -0.2) is 95.1 Å². The van der Waals surface area contributed by atoms with Crippen molar-refractivity contribution in [3.63, 3.8) is 0 Å². The van der Waals surface area contributed by atoms with Crippen LogP contribution in [0.1, 0.15) is 31.5 Å². The lowest BCUT2D eigenvalue weighted by Gasteiger charge is -2.37. The van der Waals surface area contributed by atoms with Crippen LogP contribution in [0.3, 0.4) is 0 Å². The van der Waals surface area contributed by atoms with Crippen LogP contribution in [0.2, 0.25) is 0 Å². The zero-order chi connectivity index (χ0) is 21.2. The molecule has 2 fully saturated rings. The Kier molecular flexibility index (Phi) is 6.89. The number of carbonyl (C=O) groups excluding carboxylic acids is 1. The first kappa shape index (κ1) is 22.1. The second-order valence-corrected chi connectivity index (χ2v) is 9.67. The molecule has 0 spiro atoms. The number of amides is 1. The number of piperazine rings is 1. The highest BCUT2D eigenvalue weighted by Gasteiger charge is 2.34. The summed E-state index contributed by atoms with van der Waals surface area (Å²) in [7, 11) is -3.51. The van der Waals surface area contributed by atoms with Crippen molar-refractivity contribution in [3.05, 3.63) is 11.6 Å². The molecular weight excluding hydrogens is 398 g/mol. The Bertz CT molecular complexity index is 812. The summed E-state index contributed by atoms with van der Waals surface area (Å²) < 4.78 is 35.2. The van der Waals surface area contributed by atoms with E-state index in [1.807, 2.05) is 13.8 Å². The summed E-state index contributed by atoms with van der Waals surface area (Å²) in [6, 6.07) is -0.306. The predicted molar refractivity (Wildman–Crippen MR) is 106 cm³/mol. The van der Waals surface area contributed by atoms with E-state index in [-0.39, 0.29) is 37.5 Å². The fourth-order valence-corrected chi connectivity index (χ4v) is 5.03. The Morgan fingerprint density at radius 3 is 2.28 bits per heavy atom. The van der Waals surface area contributed by atoms with E-state index in [9.17, 15) is 13.2 Å². The molecule has 0 aromatic carbocycles. The Morgan fingerprint density at radius 1 is 1.10 bits per heavy atom. The van der Waals surface area contributed by atoms with Crippen LogP contribution in [0, 0.1) is 12.8 Å². The molecule has 11 nitrogen and oxygen atoms in total. The summed E-state index contributed by atoms with van der Waals surface area (Å²) in [6.45, 7) is 8.62. The van der Waals surface area contributed by atoms with Gasteiger partial charge in [-0.3, -0.25) is 4.79 Å². The standard InChI is InChI=1S/C17H31N7O4S/c1-13(2)16(18)17-19-14(3)20-24(17)12-15(25)21-4-6-22(7-5-21)29(26,27)23-8-10-28-11-9-23/h13,16H,4-12,18H2,1-3H3/t16-/m0/s1. The third kappa shape index (κ3) is 4.94. The average molecular weight is 430 g/mol. The third-order valence-electron chi connectivity index (χ3n) is 5.32. The van der Waals surface area contributed by atoms with E-state index in [2.05, 4.69) is 10.1 Å². The highest BCUT2D eigenvalue weighted by molar-refractivity contribution is 7.86. The molecule has 0 saturated carbocycles. The summed E-state index contributed by atoms with van der Waals surface area (Å²) in [6.07, 6.45) is 0. The van der Waals surface area contributed by atoms with E-state index in [4.69, 9.17) is 10.5 Å². The number of hydrogen-bond acceptors (Lipinski definition) is 7. The smallest absolute Gasteiger partial charge is 0.282 e. The van der Waals surface area contributed by atoms with E-state index in [1.54, 1.807) is 16.5 Å². The Morgan fingerprint density at radius 2 is 1.69 bits per heavy atom. The topological polar surface area (TPSA) is 127 Å². The summed E-state index contributed by atoms with van der Waals surface area (Å²) in [5.41, 5.74) is 6.21. The van der Waals surface area contributed by atoms with Crippen molar-refractivity contribution in [1.82, 2.24) is 28.3 Å². The van der Waals surface area contributed by atoms with Crippen LogP contribution in [0.15, 0.2) is 0 Å². The molecule has 164 valence electrons. The first-order chi connectivity index (χ1) is 13.7. The van der Waals surface area contributed by atoms with Gasteiger partial charge in [0, 0.05) is 39.3 Å². The van der Waals surface area contributed by atoms with Gasteiger partial charge in [0.05, 0.1) is 19.3 Å². The van der Waals surface area contributed by atoms with Gasteiger partial charge in [0.15, 0.2) is 0 Å². The number of nitrogens with zero attached hydrogens (tertiary/aromatic N) is 6. The van der Waals surface area contributed by atoms with Crippen molar-refractivity contribution in [2.24, 2.45) is 11.7 Å². The Hall–Kier alpha value is -1.60.